The number of hydrogen-bond acceptors (Lipinski definition) is 2. The molecule has 1 aromatic rings. The molecule has 1 aromatic carbocycles. The molecule has 74 valence electrons. The van der Waals surface area contributed by atoms with Crippen molar-refractivity contribution < 1.29 is 4.79 Å². The summed E-state index contributed by atoms with van der Waals surface area (Å²) >= 11 is 0. The molecule has 0 saturated carbocycles. The van der Waals surface area contributed by atoms with E-state index in [0.717, 1.165) is 24.2 Å². The fourth-order valence-corrected chi connectivity index (χ4v) is 1.92. The fraction of sp³-hybridized carbons (Fsp3) is 0.364. The summed E-state index contributed by atoms with van der Waals surface area (Å²) in [6.45, 7) is 2.32. The zero-order valence-corrected chi connectivity index (χ0v) is 8.23. The van der Waals surface area contributed by atoms with Gasteiger partial charge in [-0.05, 0) is 18.1 Å². The van der Waals surface area contributed by atoms with Gasteiger partial charge in [0.05, 0.1) is 0 Å². The molecule has 1 aliphatic heterocycles. The van der Waals surface area contributed by atoms with E-state index in [-0.39, 0.29) is 11.9 Å². The van der Waals surface area contributed by atoms with Crippen molar-refractivity contribution in [1.29, 1.82) is 0 Å². The van der Waals surface area contributed by atoms with Crippen LogP contribution in [0, 0.1) is 0 Å². The molecule has 0 saturated heterocycles. The van der Waals surface area contributed by atoms with Crippen LogP contribution in [-0.4, -0.2) is 12.5 Å². The second-order valence-corrected chi connectivity index (χ2v) is 3.62. The first kappa shape index (κ1) is 9.21. The highest BCUT2D eigenvalue weighted by atomic mass is 16.2. The molecule has 1 aliphatic rings. The van der Waals surface area contributed by atoms with Crippen LogP contribution in [0.2, 0.25) is 0 Å². The van der Waals surface area contributed by atoms with E-state index < -0.39 is 0 Å². The first-order valence-corrected chi connectivity index (χ1v) is 4.83. The van der Waals surface area contributed by atoms with Gasteiger partial charge in [0, 0.05) is 25.2 Å². The molecule has 2 N–H and O–H groups in total. The number of nitrogens with zero attached hydrogens (tertiary/aromatic N) is 1. The molecule has 14 heavy (non-hydrogen) atoms. The SMILES string of the molecule is CC(=O)N1CC[C@@H](N)c2ccccc21. The van der Waals surface area contributed by atoms with E-state index in [1.165, 1.54) is 0 Å². The average molecular weight is 190 g/mol. The molecule has 1 heterocycles. The second-order valence-electron chi connectivity index (χ2n) is 3.62. The van der Waals surface area contributed by atoms with Gasteiger partial charge >= 0.3 is 0 Å². The van der Waals surface area contributed by atoms with Gasteiger partial charge in [-0.2, -0.15) is 0 Å². The van der Waals surface area contributed by atoms with E-state index in [1.807, 2.05) is 24.3 Å². The van der Waals surface area contributed by atoms with Crippen molar-refractivity contribution >= 4 is 11.6 Å². The van der Waals surface area contributed by atoms with Gasteiger partial charge in [0.25, 0.3) is 0 Å². The third-order valence-corrected chi connectivity index (χ3v) is 2.67. The van der Waals surface area contributed by atoms with Gasteiger partial charge in [-0.3, -0.25) is 4.79 Å². The minimum absolute atomic E-state index is 0.0711. The van der Waals surface area contributed by atoms with Crippen molar-refractivity contribution in [3.05, 3.63) is 29.8 Å². The number of para-hydroxylation sites is 1. The molecule has 3 heteroatoms. The summed E-state index contributed by atoms with van der Waals surface area (Å²) in [6, 6.07) is 7.92. The van der Waals surface area contributed by atoms with Crippen molar-refractivity contribution in [2.45, 2.75) is 19.4 Å². The number of nitrogens with two attached hydrogens (primary N) is 1. The maximum atomic E-state index is 11.4. The Hall–Kier alpha value is -1.35. The molecule has 0 radical (unpaired) electrons. The number of anilines is 1. The Morgan fingerprint density at radius 3 is 2.93 bits per heavy atom. The summed E-state index contributed by atoms with van der Waals surface area (Å²) in [4.78, 5) is 13.1. The lowest BCUT2D eigenvalue weighted by Crippen LogP contribution is -2.36. The maximum absolute atomic E-state index is 11.4. The summed E-state index contributed by atoms with van der Waals surface area (Å²) in [5, 5.41) is 0. The Bertz CT molecular complexity index is 362. The van der Waals surface area contributed by atoms with Crippen molar-refractivity contribution in [2.75, 3.05) is 11.4 Å². The Morgan fingerprint density at radius 2 is 2.21 bits per heavy atom. The van der Waals surface area contributed by atoms with Gasteiger partial charge in [-0.1, -0.05) is 18.2 Å². The zero-order chi connectivity index (χ0) is 10.1. The van der Waals surface area contributed by atoms with Crippen LogP contribution in [0.3, 0.4) is 0 Å². The number of hydrogen-bond donors (Lipinski definition) is 1. The predicted octanol–water partition coefficient (Wildman–Crippen LogP) is 1.44. The van der Waals surface area contributed by atoms with Crippen LogP contribution in [0.5, 0.6) is 0 Å². The van der Waals surface area contributed by atoms with Crippen LogP contribution in [0.1, 0.15) is 24.9 Å². The summed E-state index contributed by atoms with van der Waals surface area (Å²) in [6.07, 6.45) is 0.844. The fourth-order valence-electron chi connectivity index (χ4n) is 1.92. The number of rotatable bonds is 0. The van der Waals surface area contributed by atoms with Crippen molar-refractivity contribution in [3.8, 4) is 0 Å². The van der Waals surface area contributed by atoms with E-state index in [2.05, 4.69) is 0 Å². The minimum Gasteiger partial charge on any atom is -0.324 e. The molecular formula is C11H14N2O. The van der Waals surface area contributed by atoms with Crippen molar-refractivity contribution in [1.82, 2.24) is 0 Å². The van der Waals surface area contributed by atoms with Crippen LogP contribution in [-0.2, 0) is 4.79 Å². The van der Waals surface area contributed by atoms with Crippen LogP contribution in [0.15, 0.2) is 24.3 Å². The summed E-state index contributed by atoms with van der Waals surface area (Å²) in [5.74, 6) is 0.0874. The number of fused-ring (bicyclic) bond motifs is 1. The topological polar surface area (TPSA) is 46.3 Å². The smallest absolute Gasteiger partial charge is 0.223 e. The van der Waals surface area contributed by atoms with Crippen LogP contribution < -0.4 is 10.6 Å². The predicted molar refractivity (Wildman–Crippen MR) is 56.0 cm³/mol. The second kappa shape index (κ2) is 3.42. The van der Waals surface area contributed by atoms with Gasteiger partial charge in [0.2, 0.25) is 5.91 Å². The van der Waals surface area contributed by atoms with Crippen molar-refractivity contribution in [2.24, 2.45) is 5.73 Å². The van der Waals surface area contributed by atoms with Gasteiger partial charge in [-0.25, -0.2) is 0 Å². The third-order valence-electron chi connectivity index (χ3n) is 2.67. The summed E-state index contributed by atoms with van der Waals surface area (Å²) in [5.41, 5.74) is 8.02. The quantitative estimate of drug-likeness (QED) is 0.673. The van der Waals surface area contributed by atoms with E-state index in [1.54, 1.807) is 11.8 Å². The monoisotopic (exact) mass is 190 g/mol. The highest BCUT2D eigenvalue weighted by Gasteiger charge is 2.23. The number of carbonyl (C=O) groups excluding carboxylic acids is 1. The third kappa shape index (κ3) is 1.40. The van der Waals surface area contributed by atoms with Gasteiger partial charge in [0.1, 0.15) is 0 Å². The first-order valence-electron chi connectivity index (χ1n) is 4.83. The molecule has 0 aliphatic carbocycles. The summed E-state index contributed by atoms with van der Waals surface area (Å²) in [7, 11) is 0. The van der Waals surface area contributed by atoms with E-state index in [9.17, 15) is 4.79 Å². The number of amides is 1. The standard InChI is InChI=1S/C11H14N2O/c1-8(14)13-7-6-10(12)9-4-2-3-5-11(9)13/h2-5,10H,6-7,12H2,1H3/t10-/m1/s1. The molecule has 0 bridgehead atoms. The molecule has 1 atom stereocenters. The average Bonchev–Trinajstić information content (AvgIpc) is 2.18. The van der Waals surface area contributed by atoms with E-state index in [0.29, 0.717) is 0 Å². The van der Waals surface area contributed by atoms with Gasteiger partial charge < -0.3 is 10.6 Å². The molecule has 0 aromatic heterocycles. The van der Waals surface area contributed by atoms with E-state index in [4.69, 9.17) is 5.73 Å². The van der Waals surface area contributed by atoms with Crippen LogP contribution in [0.25, 0.3) is 0 Å². The lowest BCUT2D eigenvalue weighted by molar-refractivity contribution is -0.116. The normalized spacial score (nSPS) is 20.4. The maximum Gasteiger partial charge on any atom is 0.223 e. The Morgan fingerprint density at radius 1 is 1.50 bits per heavy atom. The largest absolute Gasteiger partial charge is 0.324 e. The van der Waals surface area contributed by atoms with Crippen LogP contribution in [0.4, 0.5) is 5.69 Å². The molecular weight excluding hydrogens is 176 g/mol. The highest BCUT2D eigenvalue weighted by Crippen LogP contribution is 2.31. The molecule has 0 unspecified atom stereocenters. The Balaban J connectivity index is 2.46. The zero-order valence-electron chi connectivity index (χ0n) is 8.23. The highest BCUT2D eigenvalue weighted by molar-refractivity contribution is 5.92. The minimum atomic E-state index is 0.0711. The molecule has 0 spiro atoms. The van der Waals surface area contributed by atoms with Crippen molar-refractivity contribution in [3.63, 3.8) is 0 Å². The Labute approximate surface area is 83.5 Å². The Kier molecular flexibility index (Phi) is 2.25. The lowest BCUT2D eigenvalue weighted by Gasteiger charge is -2.31. The number of carbonyl (C=O) groups is 1. The van der Waals surface area contributed by atoms with Gasteiger partial charge in [-0.15, -0.1) is 0 Å². The van der Waals surface area contributed by atoms with E-state index >= 15 is 0 Å². The summed E-state index contributed by atoms with van der Waals surface area (Å²) < 4.78 is 0. The molecule has 2 rings (SSSR count). The van der Waals surface area contributed by atoms with Gasteiger partial charge in [0.15, 0.2) is 0 Å². The molecule has 1 amide bonds. The lowest BCUT2D eigenvalue weighted by atomic mass is 9.97. The molecule has 0 fully saturated rings. The molecule has 3 nitrogen and oxygen atoms in total. The van der Waals surface area contributed by atoms with Crippen LogP contribution >= 0.6 is 0 Å². The first-order chi connectivity index (χ1) is 6.70. The number of benzene rings is 1.